The van der Waals surface area contributed by atoms with Gasteiger partial charge in [0, 0.05) is 42.6 Å². The van der Waals surface area contributed by atoms with Gasteiger partial charge in [0.15, 0.2) is 0 Å². The highest BCUT2D eigenvalue weighted by Gasteiger charge is 2.16. The number of hydrogen-bond acceptors (Lipinski definition) is 5. The quantitative estimate of drug-likeness (QED) is 0.391. The number of aromatic nitrogens is 1. The molecule has 33 heavy (non-hydrogen) atoms. The molecule has 2 aromatic carbocycles. The van der Waals surface area contributed by atoms with Crippen LogP contribution in [0.25, 0.3) is 16.3 Å². The standard InChI is InChI=1S/C24H24F2N4O3/c1-29-23(32)16-4-2-3-14(9-16)12-30-13-17(7-8-31)19-10-15(5-6-18(19)24(30)33)20(11-27)21(28)22(25)26/h2-6,9-11,13,22,27,31H,7-8,12,28H2,1H3,(H,29,32)/b21-20+,27-11?. The molecule has 0 bridgehead atoms. The Morgan fingerprint density at radius 2 is 1.97 bits per heavy atom. The lowest BCUT2D eigenvalue weighted by molar-refractivity contribution is 0.0963. The zero-order valence-corrected chi connectivity index (χ0v) is 17.9. The lowest BCUT2D eigenvalue weighted by Crippen LogP contribution is -2.22. The molecule has 0 aliphatic carbocycles. The Labute approximate surface area is 188 Å². The maximum atomic E-state index is 13.2. The number of pyridine rings is 1. The summed E-state index contributed by atoms with van der Waals surface area (Å²) in [5.74, 6) is -0.241. The number of fused-ring (bicyclic) bond motifs is 1. The number of carbonyl (C=O) groups is 1. The highest BCUT2D eigenvalue weighted by atomic mass is 19.3. The van der Waals surface area contributed by atoms with E-state index in [0.29, 0.717) is 21.9 Å². The first-order chi connectivity index (χ1) is 15.8. The zero-order valence-electron chi connectivity index (χ0n) is 17.9. The fourth-order valence-electron chi connectivity index (χ4n) is 3.67. The number of allylic oxidation sites excluding steroid dienone is 2. The molecule has 1 heterocycles. The van der Waals surface area contributed by atoms with Gasteiger partial charge in [0.05, 0.1) is 12.2 Å². The zero-order chi connectivity index (χ0) is 24.1. The van der Waals surface area contributed by atoms with Crippen molar-refractivity contribution in [3.63, 3.8) is 0 Å². The minimum absolute atomic E-state index is 0.128. The molecule has 9 heteroatoms. The number of alkyl halides is 2. The van der Waals surface area contributed by atoms with Crippen LogP contribution in [-0.2, 0) is 13.0 Å². The maximum Gasteiger partial charge on any atom is 0.278 e. The average molecular weight is 454 g/mol. The van der Waals surface area contributed by atoms with Crippen LogP contribution >= 0.6 is 0 Å². The first kappa shape index (κ1) is 23.8. The number of benzene rings is 2. The first-order valence-electron chi connectivity index (χ1n) is 10.2. The van der Waals surface area contributed by atoms with Crippen LogP contribution in [-0.4, -0.2) is 41.9 Å². The van der Waals surface area contributed by atoms with E-state index in [1.807, 2.05) is 0 Å². The Balaban J connectivity index is 2.14. The number of halogens is 2. The van der Waals surface area contributed by atoms with Crippen LogP contribution in [0.5, 0.6) is 0 Å². The molecule has 0 atom stereocenters. The van der Waals surface area contributed by atoms with Gasteiger partial charge in [-0.05, 0) is 52.8 Å². The molecule has 0 saturated heterocycles. The van der Waals surface area contributed by atoms with Crippen molar-refractivity contribution >= 4 is 28.5 Å². The molecule has 5 N–H and O–H groups in total. The maximum absolute atomic E-state index is 13.2. The minimum Gasteiger partial charge on any atom is -0.397 e. The summed E-state index contributed by atoms with van der Waals surface area (Å²) in [5, 5.41) is 20.4. The van der Waals surface area contributed by atoms with Crippen molar-refractivity contribution in [2.45, 2.75) is 19.4 Å². The summed E-state index contributed by atoms with van der Waals surface area (Å²) in [4.78, 5) is 25.1. The van der Waals surface area contributed by atoms with Gasteiger partial charge < -0.3 is 26.1 Å². The van der Waals surface area contributed by atoms with E-state index in [-0.39, 0.29) is 42.2 Å². The van der Waals surface area contributed by atoms with Gasteiger partial charge >= 0.3 is 0 Å². The van der Waals surface area contributed by atoms with Gasteiger partial charge in [0.1, 0.15) is 0 Å². The fraction of sp³-hybridized carbons (Fsp3) is 0.208. The first-order valence-corrected chi connectivity index (χ1v) is 10.2. The molecule has 0 aliphatic rings. The fourth-order valence-corrected chi connectivity index (χ4v) is 3.67. The monoisotopic (exact) mass is 454 g/mol. The van der Waals surface area contributed by atoms with Crippen LogP contribution in [0.1, 0.15) is 27.0 Å². The average Bonchev–Trinajstić information content (AvgIpc) is 2.82. The Bertz CT molecular complexity index is 1300. The Morgan fingerprint density at radius 1 is 1.21 bits per heavy atom. The highest BCUT2D eigenvalue weighted by molar-refractivity contribution is 6.10. The van der Waals surface area contributed by atoms with E-state index in [0.717, 1.165) is 11.8 Å². The molecular formula is C24H24F2N4O3. The predicted molar refractivity (Wildman–Crippen MR) is 124 cm³/mol. The molecule has 3 aromatic rings. The van der Waals surface area contributed by atoms with Crippen molar-refractivity contribution in [1.29, 1.82) is 5.41 Å². The molecule has 0 spiro atoms. The number of nitrogens with one attached hydrogen (secondary N) is 2. The summed E-state index contributed by atoms with van der Waals surface area (Å²) < 4.78 is 27.7. The Morgan fingerprint density at radius 3 is 2.61 bits per heavy atom. The molecule has 7 nitrogen and oxygen atoms in total. The number of rotatable bonds is 8. The number of amides is 1. The third-order valence-electron chi connectivity index (χ3n) is 5.32. The van der Waals surface area contributed by atoms with Gasteiger partial charge in [0.2, 0.25) is 0 Å². The molecule has 1 amide bonds. The molecule has 0 saturated carbocycles. The molecule has 0 aliphatic heterocycles. The Hall–Kier alpha value is -3.85. The van der Waals surface area contributed by atoms with Gasteiger partial charge in [0.25, 0.3) is 17.9 Å². The molecule has 172 valence electrons. The van der Waals surface area contributed by atoms with Gasteiger partial charge in [-0.1, -0.05) is 18.2 Å². The molecule has 0 fully saturated rings. The van der Waals surface area contributed by atoms with Crippen molar-refractivity contribution < 1.29 is 18.7 Å². The van der Waals surface area contributed by atoms with Crippen molar-refractivity contribution in [3.8, 4) is 0 Å². The van der Waals surface area contributed by atoms with Crippen molar-refractivity contribution in [1.82, 2.24) is 9.88 Å². The Kier molecular flexibility index (Phi) is 7.34. The summed E-state index contributed by atoms with van der Waals surface area (Å²) in [6.45, 7) is 0.0138. The molecular weight excluding hydrogens is 430 g/mol. The van der Waals surface area contributed by atoms with E-state index in [1.54, 1.807) is 30.5 Å². The van der Waals surface area contributed by atoms with Crippen LogP contribution < -0.4 is 16.6 Å². The third-order valence-corrected chi connectivity index (χ3v) is 5.32. The highest BCUT2D eigenvalue weighted by Crippen LogP contribution is 2.25. The number of nitrogens with two attached hydrogens (primary N) is 1. The lowest BCUT2D eigenvalue weighted by atomic mass is 9.97. The van der Waals surface area contributed by atoms with Gasteiger partial charge in [-0.2, -0.15) is 0 Å². The SMILES string of the molecule is CNC(=O)c1cccc(Cn2cc(CCO)c3cc(/C(C=N)=C(/N)C(F)F)ccc3c2=O)c1. The van der Waals surface area contributed by atoms with Crippen molar-refractivity contribution in [2.24, 2.45) is 5.73 Å². The molecule has 3 rings (SSSR count). The van der Waals surface area contributed by atoms with Crippen LogP contribution in [0.15, 0.2) is 59.2 Å². The van der Waals surface area contributed by atoms with Crippen LogP contribution in [0.2, 0.25) is 0 Å². The van der Waals surface area contributed by atoms with E-state index in [2.05, 4.69) is 5.32 Å². The topological polar surface area (TPSA) is 121 Å². The van der Waals surface area contributed by atoms with Gasteiger partial charge in [-0.3, -0.25) is 9.59 Å². The number of nitrogens with zero attached hydrogens (tertiary/aromatic N) is 1. The van der Waals surface area contributed by atoms with E-state index in [1.165, 1.54) is 29.8 Å². The summed E-state index contributed by atoms with van der Waals surface area (Å²) in [6.07, 6.45) is -0.323. The second kappa shape index (κ2) is 10.2. The number of hydrogen-bond donors (Lipinski definition) is 4. The van der Waals surface area contributed by atoms with E-state index >= 15 is 0 Å². The van der Waals surface area contributed by atoms with Crippen LogP contribution in [0.3, 0.4) is 0 Å². The molecule has 1 aromatic heterocycles. The van der Waals surface area contributed by atoms with Crippen molar-refractivity contribution in [2.75, 3.05) is 13.7 Å². The lowest BCUT2D eigenvalue weighted by Gasteiger charge is -2.14. The molecule has 0 radical (unpaired) electrons. The second-order valence-corrected chi connectivity index (χ2v) is 7.41. The summed E-state index contributed by atoms with van der Waals surface area (Å²) in [7, 11) is 1.53. The normalized spacial score (nSPS) is 12.0. The van der Waals surface area contributed by atoms with E-state index in [4.69, 9.17) is 11.1 Å². The number of aliphatic hydroxyl groups excluding tert-OH is 1. The van der Waals surface area contributed by atoms with Crippen molar-refractivity contribution in [3.05, 3.63) is 87.0 Å². The minimum atomic E-state index is -2.92. The smallest absolute Gasteiger partial charge is 0.278 e. The largest absolute Gasteiger partial charge is 0.397 e. The summed E-state index contributed by atoms with van der Waals surface area (Å²) in [5.41, 5.74) is 6.43. The second-order valence-electron chi connectivity index (χ2n) is 7.41. The summed E-state index contributed by atoms with van der Waals surface area (Å²) >= 11 is 0. The number of carbonyl (C=O) groups excluding carboxylic acids is 1. The van der Waals surface area contributed by atoms with Crippen LogP contribution in [0, 0.1) is 5.41 Å². The van der Waals surface area contributed by atoms with Gasteiger partial charge in [-0.15, -0.1) is 0 Å². The van der Waals surface area contributed by atoms with Crippen LogP contribution in [0.4, 0.5) is 8.78 Å². The molecule has 0 unspecified atom stereocenters. The summed E-state index contributed by atoms with van der Waals surface area (Å²) in [6, 6.07) is 11.4. The number of aliphatic hydroxyl groups is 1. The predicted octanol–water partition coefficient (Wildman–Crippen LogP) is 2.53. The van der Waals surface area contributed by atoms with E-state index < -0.39 is 12.1 Å². The van der Waals surface area contributed by atoms with Gasteiger partial charge in [-0.25, -0.2) is 8.78 Å². The third kappa shape index (κ3) is 4.98. The van der Waals surface area contributed by atoms with E-state index in [9.17, 15) is 23.5 Å².